The summed E-state index contributed by atoms with van der Waals surface area (Å²) in [5.74, 6) is 0. The zero-order chi connectivity index (χ0) is 14.2. The van der Waals surface area contributed by atoms with Gasteiger partial charge in [0.25, 0.3) is 5.56 Å². The van der Waals surface area contributed by atoms with Crippen LogP contribution in [0, 0.1) is 12.3 Å². The predicted molar refractivity (Wildman–Crippen MR) is 68.1 cm³/mol. The molecule has 0 bridgehead atoms. The number of hydrogen-bond donors (Lipinski definition) is 0. The summed E-state index contributed by atoms with van der Waals surface area (Å²) in [6.07, 6.45) is -3.06. The molecule has 0 saturated heterocycles. The van der Waals surface area contributed by atoms with Crippen molar-refractivity contribution in [3.8, 4) is 5.69 Å². The molecule has 0 aliphatic heterocycles. The van der Waals surface area contributed by atoms with E-state index < -0.39 is 17.4 Å². The molecular formula is C11H8F3N2OS2-. The van der Waals surface area contributed by atoms with Gasteiger partial charge < -0.3 is 11.3 Å². The number of halogens is 3. The summed E-state index contributed by atoms with van der Waals surface area (Å²) in [6, 6.07) is 0.505. The number of rotatable bonds is 2. The van der Waals surface area contributed by atoms with Crippen LogP contribution in [0.2, 0.25) is 0 Å². The van der Waals surface area contributed by atoms with Crippen LogP contribution in [0.1, 0.15) is 11.3 Å². The van der Waals surface area contributed by atoms with E-state index in [1.165, 1.54) is 11.3 Å². The van der Waals surface area contributed by atoms with Gasteiger partial charge in [0.15, 0.2) is 10.9 Å². The van der Waals surface area contributed by atoms with Crippen molar-refractivity contribution in [2.75, 3.05) is 6.26 Å². The second-order valence-corrected chi connectivity index (χ2v) is 5.12. The Morgan fingerprint density at radius 3 is 2.63 bits per heavy atom. The van der Waals surface area contributed by atoms with Crippen molar-refractivity contribution in [1.82, 2.24) is 9.55 Å². The average Bonchev–Trinajstić information content (AvgIpc) is 2.73. The van der Waals surface area contributed by atoms with E-state index in [0.717, 1.165) is 21.9 Å². The van der Waals surface area contributed by atoms with Gasteiger partial charge in [0.2, 0.25) is 0 Å². The summed E-state index contributed by atoms with van der Waals surface area (Å²) in [6.45, 7) is 1.76. The third-order valence-electron chi connectivity index (χ3n) is 2.35. The molecule has 2 aromatic heterocycles. The number of aryl methyl sites for hydroxylation is 1. The minimum absolute atomic E-state index is 0.00225. The summed E-state index contributed by atoms with van der Waals surface area (Å²) in [7, 11) is 0. The van der Waals surface area contributed by atoms with Crippen molar-refractivity contribution in [2.45, 2.75) is 18.3 Å². The summed E-state index contributed by atoms with van der Waals surface area (Å²) in [4.78, 5) is 15.4. The maximum Gasteiger partial charge on any atom is 0.433 e. The zero-order valence-corrected chi connectivity index (χ0v) is 11.5. The first-order chi connectivity index (χ1) is 8.84. The SMILES string of the molecule is CSc1nc(C(F)(F)F)cc(=O)n1-c1[c-]scc1C. The lowest BCUT2D eigenvalue weighted by atomic mass is 10.3. The van der Waals surface area contributed by atoms with Crippen LogP contribution in [0.4, 0.5) is 13.2 Å². The monoisotopic (exact) mass is 305 g/mol. The van der Waals surface area contributed by atoms with Crippen LogP contribution in [0.25, 0.3) is 5.69 Å². The minimum Gasteiger partial charge on any atom is -0.301 e. The van der Waals surface area contributed by atoms with E-state index in [9.17, 15) is 18.0 Å². The fourth-order valence-electron chi connectivity index (χ4n) is 1.48. The van der Waals surface area contributed by atoms with Gasteiger partial charge >= 0.3 is 6.18 Å². The third-order valence-corrected chi connectivity index (χ3v) is 3.77. The third kappa shape index (κ3) is 2.69. The van der Waals surface area contributed by atoms with E-state index in [-0.39, 0.29) is 5.16 Å². The lowest BCUT2D eigenvalue weighted by Gasteiger charge is -2.16. The number of hydrogen-bond acceptors (Lipinski definition) is 4. The molecule has 0 aromatic carbocycles. The van der Waals surface area contributed by atoms with Gasteiger partial charge in [-0.3, -0.25) is 9.36 Å². The lowest BCUT2D eigenvalue weighted by Crippen LogP contribution is -2.24. The van der Waals surface area contributed by atoms with Gasteiger partial charge in [0.1, 0.15) is 0 Å². The molecule has 8 heteroatoms. The summed E-state index contributed by atoms with van der Waals surface area (Å²) >= 11 is 2.24. The molecule has 0 radical (unpaired) electrons. The van der Waals surface area contributed by atoms with Gasteiger partial charge in [0, 0.05) is 6.07 Å². The fraction of sp³-hybridized carbons (Fsp3) is 0.273. The molecule has 0 unspecified atom stereocenters. The molecule has 0 atom stereocenters. The van der Waals surface area contributed by atoms with Crippen molar-refractivity contribution in [2.24, 2.45) is 0 Å². The molecule has 3 nitrogen and oxygen atoms in total. The quantitative estimate of drug-likeness (QED) is 0.486. The van der Waals surface area contributed by atoms with Gasteiger partial charge in [0.05, 0.1) is 0 Å². The van der Waals surface area contributed by atoms with Crippen molar-refractivity contribution in [3.63, 3.8) is 0 Å². The molecule has 0 N–H and O–H groups in total. The second-order valence-electron chi connectivity index (χ2n) is 3.67. The Kier molecular flexibility index (Phi) is 3.73. The first-order valence-corrected chi connectivity index (χ1v) is 7.16. The highest BCUT2D eigenvalue weighted by Crippen LogP contribution is 2.29. The van der Waals surface area contributed by atoms with E-state index in [0.29, 0.717) is 11.8 Å². The smallest absolute Gasteiger partial charge is 0.301 e. The first-order valence-electron chi connectivity index (χ1n) is 5.06. The van der Waals surface area contributed by atoms with Crippen LogP contribution in [0.15, 0.2) is 21.4 Å². The van der Waals surface area contributed by atoms with E-state index in [2.05, 4.69) is 10.4 Å². The minimum atomic E-state index is -4.63. The topological polar surface area (TPSA) is 34.9 Å². The largest absolute Gasteiger partial charge is 0.433 e. The van der Waals surface area contributed by atoms with Crippen LogP contribution < -0.4 is 5.56 Å². The number of aromatic nitrogens is 2. The molecule has 2 rings (SSSR count). The van der Waals surface area contributed by atoms with Gasteiger partial charge in [-0.1, -0.05) is 29.8 Å². The average molecular weight is 305 g/mol. The van der Waals surface area contributed by atoms with Gasteiger partial charge in [-0.05, 0) is 6.26 Å². The first kappa shape index (κ1) is 14.1. The van der Waals surface area contributed by atoms with E-state index in [1.54, 1.807) is 18.6 Å². The molecule has 2 aromatic rings. The maximum absolute atomic E-state index is 12.6. The Labute approximate surface area is 115 Å². The molecular weight excluding hydrogens is 297 g/mol. The summed E-state index contributed by atoms with van der Waals surface area (Å²) in [5.41, 5.74) is -0.722. The van der Waals surface area contributed by atoms with Crippen molar-refractivity contribution >= 4 is 23.1 Å². The van der Waals surface area contributed by atoms with Crippen LogP contribution in [0.5, 0.6) is 0 Å². The maximum atomic E-state index is 12.6. The Balaban J connectivity index is 2.71. The molecule has 0 aliphatic rings. The Morgan fingerprint density at radius 2 is 2.16 bits per heavy atom. The molecule has 19 heavy (non-hydrogen) atoms. The molecule has 2 heterocycles. The van der Waals surface area contributed by atoms with Crippen molar-refractivity contribution in [1.29, 1.82) is 0 Å². The van der Waals surface area contributed by atoms with Gasteiger partial charge in [-0.2, -0.15) is 24.1 Å². The molecule has 0 aliphatic carbocycles. The molecule has 0 fully saturated rings. The van der Waals surface area contributed by atoms with Crippen LogP contribution >= 0.6 is 23.1 Å². The lowest BCUT2D eigenvalue weighted by molar-refractivity contribution is -0.141. The zero-order valence-electron chi connectivity index (χ0n) is 9.91. The Hall–Kier alpha value is -1.28. The predicted octanol–water partition coefficient (Wildman–Crippen LogP) is 3.14. The van der Waals surface area contributed by atoms with E-state index in [4.69, 9.17) is 0 Å². The molecule has 0 saturated carbocycles. The normalized spacial score (nSPS) is 11.8. The van der Waals surface area contributed by atoms with Gasteiger partial charge in [-0.15, -0.1) is 0 Å². The van der Waals surface area contributed by atoms with Crippen LogP contribution in [-0.4, -0.2) is 15.8 Å². The molecule has 0 amide bonds. The highest BCUT2D eigenvalue weighted by molar-refractivity contribution is 7.98. The molecule has 102 valence electrons. The number of thiophene rings is 1. The number of thioether (sulfide) groups is 1. The Morgan fingerprint density at radius 1 is 1.47 bits per heavy atom. The molecule has 0 spiro atoms. The van der Waals surface area contributed by atoms with E-state index in [1.807, 2.05) is 0 Å². The van der Waals surface area contributed by atoms with Crippen molar-refractivity contribution < 1.29 is 13.2 Å². The highest BCUT2D eigenvalue weighted by atomic mass is 32.2. The summed E-state index contributed by atoms with van der Waals surface area (Å²) in [5, 5.41) is 4.63. The summed E-state index contributed by atoms with van der Waals surface area (Å²) < 4.78 is 39.0. The highest BCUT2D eigenvalue weighted by Gasteiger charge is 2.34. The van der Waals surface area contributed by atoms with Gasteiger partial charge in [-0.25, -0.2) is 4.98 Å². The number of alkyl halides is 3. The fourth-order valence-corrected chi connectivity index (χ4v) is 2.75. The number of nitrogens with zero attached hydrogens (tertiary/aromatic N) is 2. The van der Waals surface area contributed by atoms with E-state index >= 15 is 0 Å². The van der Waals surface area contributed by atoms with Crippen LogP contribution in [0.3, 0.4) is 0 Å². The second kappa shape index (κ2) is 5.01. The van der Waals surface area contributed by atoms with Crippen LogP contribution in [-0.2, 0) is 6.18 Å². The standard InChI is InChI=1S/C11H8F3N2OS2/c1-6-4-19-5-7(6)16-9(17)3-8(11(12,13)14)15-10(16)18-2/h3-4H,1-2H3/q-1. The Bertz CT molecular complexity index is 661. The van der Waals surface area contributed by atoms with Crippen molar-refractivity contribution in [3.05, 3.63) is 38.4 Å².